The third kappa shape index (κ3) is 2.26. The van der Waals surface area contributed by atoms with Crippen LogP contribution in [0.15, 0.2) is 60.0 Å². The van der Waals surface area contributed by atoms with Gasteiger partial charge in [0, 0.05) is 4.70 Å². The Bertz CT molecular complexity index is 642. The van der Waals surface area contributed by atoms with Crippen LogP contribution in [0.5, 0.6) is 0 Å². The zero-order valence-electron chi connectivity index (χ0n) is 10.5. The Balaban J connectivity index is 1.90. The topological polar surface area (TPSA) is 0 Å². The van der Waals surface area contributed by atoms with Crippen LogP contribution in [0.25, 0.3) is 10.1 Å². The van der Waals surface area contributed by atoms with E-state index in [9.17, 15) is 0 Å². The van der Waals surface area contributed by atoms with Crippen LogP contribution < -0.4 is 5.19 Å². The molecule has 2 heteroatoms. The van der Waals surface area contributed by atoms with Gasteiger partial charge in [0.25, 0.3) is 0 Å². The number of hydrogen-bond acceptors (Lipinski definition) is 1. The summed E-state index contributed by atoms with van der Waals surface area (Å²) in [6, 6.07) is 19.7. The fourth-order valence-electron chi connectivity index (χ4n) is 2.46. The summed E-state index contributed by atoms with van der Waals surface area (Å²) in [5.74, 6) is 0. The second-order valence-corrected chi connectivity index (χ2v) is 8.14. The second-order valence-electron chi connectivity index (χ2n) is 4.78. The molecule has 1 unspecified atom stereocenters. The molecule has 0 saturated carbocycles. The van der Waals surface area contributed by atoms with E-state index in [-0.39, 0.29) is 9.52 Å². The van der Waals surface area contributed by atoms with Crippen LogP contribution in [-0.2, 0) is 0 Å². The van der Waals surface area contributed by atoms with Gasteiger partial charge in [-0.15, -0.1) is 11.3 Å². The van der Waals surface area contributed by atoms with Crippen LogP contribution in [0.4, 0.5) is 0 Å². The molecule has 1 heterocycles. The van der Waals surface area contributed by atoms with E-state index in [1.807, 2.05) is 11.3 Å². The molecule has 0 aliphatic carbocycles. The van der Waals surface area contributed by atoms with Gasteiger partial charge in [0.2, 0.25) is 0 Å². The first-order valence-corrected chi connectivity index (χ1v) is 8.75. The van der Waals surface area contributed by atoms with Gasteiger partial charge in [0.1, 0.15) is 0 Å². The molecule has 0 aliphatic rings. The summed E-state index contributed by atoms with van der Waals surface area (Å²) in [5.41, 5.74) is 2.26. The van der Waals surface area contributed by atoms with Crippen LogP contribution in [0.1, 0.15) is 18.0 Å². The predicted octanol–water partition coefficient (Wildman–Crippen LogP) is 3.46. The van der Waals surface area contributed by atoms with Gasteiger partial charge in [-0.3, -0.25) is 0 Å². The van der Waals surface area contributed by atoms with Gasteiger partial charge >= 0.3 is 0 Å². The molecule has 3 rings (SSSR count). The standard InChI is InChI=1S/C16H16SSi/c1-12(18-13-7-3-2-4-8-13)15-11-17-16-10-6-5-9-14(15)16/h2-12H,18H2,1H3. The highest BCUT2D eigenvalue weighted by molar-refractivity contribution is 7.17. The van der Waals surface area contributed by atoms with Gasteiger partial charge in [-0.05, 0) is 27.9 Å². The van der Waals surface area contributed by atoms with Crippen molar-refractivity contribution >= 4 is 36.1 Å². The van der Waals surface area contributed by atoms with E-state index in [2.05, 4.69) is 66.9 Å². The van der Waals surface area contributed by atoms with E-state index in [4.69, 9.17) is 0 Å². The summed E-state index contributed by atoms with van der Waals surface area (Å²) in [6.45, 7) is 2.38. The molecule has 0 bridgehead atoms. The van der Waals surface area contributed by atoms with Crippen molar-refractivity contribution in [1.82, 2.24) is 0 Å². The summed E-state index contributed by atoms with van der Waals surface area (Å²) in [5, 5.41) is 5.37. The van der Waals surface area contributed by atoms with E-state index in [0.717, 1.165) is 0 Å². The molecule has 0 saturated heterocycles. The van der Waals surface area contributed by atoms with Gasteiger partial charge in [0.15, 0.2) is 0 Å². The lowest BCUT2D eigenvalue weighted by Crippen LogP contribution is -2.19. The van der Waals surface area contributed by atoms with Gasteiger partial charge in [-0.25, -0.2) is 0 Å². The maximum Gasteiger partial charge on any atom is 0.0621 e. The van der Waals surface area contributed by atoms with Gasteiger partial charge in [-0.2, -0.15) is 0 Å². The maximum atomic E-state index is 2.38. The minimum atomic E-state index is -0.238. The molecule has 0 fully saturated rings. The Morgan fingerprint density at radius 3 is 2.50 bits per heavy atom. The van der Waals surface area contributed by atoms with E-state index in [0.29, 0.717) is 5.54 Å². The normalized spacial score (nSPS) is 13.4. The van der Waals surface area contributed by atoms with Crippen LogP contribution in [0.3, 0.4) is 0 Å². The number of benzene rings is 2. The molecular weight excluding hydrogens is 252 g/mol. The molecule has 0 N–H and O–H groups in total. The first-order valence-electron chi connectivity index (χ1n) is 6.34. The molecule has 1 atom stereocenters. The minimum Gasteiger partial charge on any atom is -0.144 e. The number of hydrogen-bond donors (Lipinski definition) is 0. The van der Waals surface area contributed by atoms with Crippen molar-refractivity contribution < 1.29 is 0 Å². The van der Waals surface area contributed by atoms with Crippen molar-refractivity contribution in [3.63, 3.8) is 0 Å². The second kappa shape index (κ2) is 5.08. The van der Waals surface area contributed by atoms with Gasteiger partial charge in [-0.1, -0.05) is 60.6 Å². The molecule has 0 radical (unpaired) electrons. The molecule has 0 spiro atoms. The Hall–Kier alpha value is -1.38. The lowest BCUT2D eigenvalue weighted by atomic mass is 10.1. The molecule has 1 aromatic heterocycles. The summed E-state index contributed by atoms with van der Waals surface area (Å²) in [6.07, 6.45) is 0. The molecule has 3 aromatic rings. The quantitative estimate of drug-likeness (QED) is 0.638. The maximum absolute atomic E-state index is 2.38. The Kier molecular flexibility index (Phi) is 3.30. The molecule has 0 aliphatic heterocycles. The summed E-state index contributed by atoms with van der Waals surface area (Å²) in [4.78, 5) is 0. The highest BCUT2D eigenvalue weighted by atomic mass is 32.1. The largest absolute Gasteiger partial charge is 0.144 e. The molecule has 0 amide bonds. The molecule has 0 nitrogen and oxygen atoms in total. The highest BCUT2D eigenvalue weighted by Crippen LogP contribution is 2.30. The third-order valence-corrected chi connectivity index (χ3v) is 6.40. The van der Waals surface area contributed by atoms with Crippen LogP contribution in [0.2, 0.25) is 0 Å². The predicted molar refractivity (Wildman–Crippen MR) is 84.9 cm³/mol. The average molecular weight is 268 g/mol. The van der Waals surface area contributed by atoms with Crippen LogP contribution in [0, 0.1) is 0 Å². The molecule has 90 valence electrons. The van der Waals surface area contributed by atoms with Crippen molar-refractivity contribution in [2.75, 3.05) is 0 Å². The summed E-state index contributed by atoms with van der Waals surface area (Å²) < 4.78 is 1.42. The fourth-order valence-corrected chi connectivity index (χ4v) is 5.52. The monoisotopic (exact) mass is 268 g/mol. The van der Waals surface area contributed by atoms with E-state index < -0.39 is 0 Å². The van der Waals surface area contributed by atoms with Crippen molar-refractivity contribution in [1.29, 1.82) is 0 Å². The molecule has 18 heavy (non-hydrogen) atoms. The zero-order valence-corrected chi connectivity index (χ0v) is 12.7. The Labute approximate surface area is 114 Å². The zero-order chi connectivity index (χ0) is 12.4. The highest BCUT2D eigenvalue weighted by Gasteiger charge is 2.12. The number of rotatable bonds is 3. The summed E-state index contributed by atoms with van der Waals surface area (Å²) >= 11 is 1.88. The van der Waals surface area contributed by atoms with E-state index >= 15 is 0 Å². The van der Waals surface area contributed by atoms with Crippen molar-refractivity contribution in [3.05, 3.63) is 65.5 Å². The average Bonchev–Trinajstić information content (AvgIpc) is 2.84. The Morgan fingerprint density at radius 2 is 1.67 bits per heavy atom. The van der Waals surface area contributed by atoms with Crippen LogP contribution in [-0.4, -0.2) is 9.52 Å². The lowest BCUT2D eigenvalue weighted by Gasteiger charge is -2.10. The first-order chi connectivity index (χ1) is 8.84. The van der Waals surface area contributed by atoms with Crippen molar-refractivity contribution in [3.8, 4) is 0 Å². The van der Waals surface area contributed by atoms with Crippen molar-refractivity contribution in [2.24, 2.45) is 0 Å². The first kappa shape index (κ1) is 11.7. The van der Waals surface area contributed by atoms with Crippen LogP contribution >= 0.6 is 11.3 Å². The lowest BCUT2D eigenvalue weighted by molar-refractivity contribution is 1.10. The van der Waals surface area contributed by atoms with Gasteiger partial charge in [0.05, 0.1) is 9.52 Å². The molecule has 2 aromatic carbocycles. The SMILES string of the molecule is CC([SiH2]c1ccccc1)c1csc2ccccc12. The van der Waals surface area contributed by atoms with Gasteiger partial charge < -0.3 is 0 Å². The van der Waals surface area contributed by atoms with E-state index in [1.54, 1.807) is 10.8 Å². The smallest absolute Gasteiger partial charge is 0.0621 e. The minimum absolute atomic E-state index is 0.238. The van der Waals surface area contributed by atoms with E-state index in [1.165, 1.54) is 10.1 Å². The Morgan fingerprint density at radius 1 is 0.944 bits per heavy atom. The van der Waals surface area contributed by atoms with Crippen molar-refractivity contribution in [2.45, 2.75) is 12.5 Å². The number of fused-ring (bicyclic) bond motifs is 1. The third-order valence-electron chi connectivity index (χ3n) is 3.43. The summed E-state index contributed by atoms with van der Waals surface area (Å²) in [7, 11) is -0.238. The number of thiophene rings is 1. The molecular formula is C16H16SSi. The fraction of sp³-hybridized carbons (Fsp3) is 0.125.